The number of nitrogens with zero attached hydrogens (tertiary/aromatic N) is 2. The molecule has 0 aliphatic carbocycles. The summed E-state index contributed by atoms with van der Waals surface area (Å²) in [5.41, 5.74) is 0.974. The number of hydrogen-bond acceptors (Lipinski definition) is 4. The van der Waals surface area contributed by atoms with Gasteiger partial charge in [0.25, 0.3) is 0 Å². The number of amides is 1. The van der Waals surface area contributed by atoms with Gasteiger partial charge in [0.05, 0.1) is 18.4 Å². The van der Waals surface area contributed by atoms with Crippen molar-refractivity contribution in [3.05, 3.63) is 23.0 Å². The summed E-state index contributed by atoms with van der Waals surface area (Å²) >= 11 is 1.51. The first-order valence-corrected chi connectivity index (χ1v) is 8.84. The van der Waals surface area contributed by atoms with E-state index in [1.54, 1.807) is 7.11 Å². The zero-order chi connectivity index (χ0) is 16.7. The number of para-hydroxylation sites is 1. The predicted molar refractivity (Wildman–Crippen MR) is 93.0 cm³/mol. The number of aromatic nitrogens is 1. The molecule has 0 atom stereocenters. The summed E-state index contributed by atoms with van der Waals surface area (Å²) in [5, 5.41) is 0. The standard InChI is InChI=1S/C17H24N2O3S/c1-4-6-10-15(20)18-17-19(11-12-22-5-2)16-13(21-3)8-7-9-14(16)23-17/h7-9H,4-6,10-12H2,1-3H3. The Kier molecular flexibility index (Phi) is 6.80. The molecule has 1 heterocycles. The molecule has 2 rings (SSSR count). The third-order valence-corrected chi connectivity index (χ3v) is 4.56. The van der Waals surface area contributed by atoms with Crippen LogP contribution in [0.2, 0.25) is 0 Å². The van der Waals surface area contributed by atoms with Crippen LogP contribution in [-0.2, 0) is 16.1 Å². The third-order valence-electron chi connectivity index (χ3n) is 3.51. The number of unbranched alkanes of at least 4 members (excludes halogenated alkanes) is 1. The first kappa shape index (κ1) is 17.7. The highest BCUT2D eigenvalue weighted by molar-refractivity contribution is 7.16. The third kappa shape index (κ3) is 4.42. The van der Waals surface area contributed by atoms with E-state index in [2.05, 4.69) is 11.9 Å². The highest BCUT2D eigenvalue weighted by Gasteiger charge is 2.12. The number of ether oxygens (including phenoxy) is 2. The van der Waals surface area contributed by atoms with E-state index >= 15 is 0 Å². The lowest BCUT2D eigenvalue weighted by atomic mass is 10.2. The van der Waals surface area contributed by atoms with Crippen LogP contribution in [0.1, 0.15) is 33.1 Å². The van der Waals surface area contributed by atoms with Crippen LogP contribution in [-0.4, -0.2) is 30.8 Å². The maximum atomic E-state index is 12.0. The molecule has 1 aromatic heterocycles. The second-order valence-electron chi connectivity index (χ2n) is 5.15. The molecule has 2 aromatic rings. The van der Waals surface area contributed by atoms with Crippen LogP contribution in [0.15, 0.2) is 23.2 Å². The second kappa shape index (κ2) is 8.84. The Balaban J connectivity index is 2.47. The monoisotopic (exact) mass is 336 g/mol. The SMILES string of the molecule is CCCCC(=O)N=c1sc2cccc(OC)c2n1CCOCC. The average molecular weight is 336 g/mol. The van der Waals surface area contributed by atoms with E-state index in [1.165, 1.54) is 11.3 Å². The molecule has 0 radical (unpaired) electrons. The van der Waals surface area contributed by atoms with Gasteiger partial charge in [-0.25, -0.2) is 0 Å². The summed E-state index contributed by atoms with van der Waals surface area (Å²) in [6, 6.07) is 5.90. The van der Waals surface area contributed by atoms with Gasteiger partial charge in [0.2, 0.25) is 5.91 Å². The fourth-order valence-electron chi connectivity index (χ4n) is 2.35. The minimum absolute atomic E-state index is 0.0671. The minimum atomic E-state index is -0.0671. The van der Waals surface area contributed by atoms with Gasteiger partial charge in [0, 0.05) is 19.6 Å². The summed E-state index contributed by atoms with van der Waals surface area (Å²) in [4.78, 5) is 17.1. The Morgan fingerprint density at radius 3 is 2.87 bits per heavy atom. The Morgan fingerprint density at radius 2 is 2.17 bits per heavy atom. The van der Waals surface area contributed by atoms with Crippen molar-refractivity contribution >= 4 is 27.5 Å². The van der Waals surface area contributed by atoms with Crippen molar-refractivity contribution in [1.82, 2.24) is 4.57 Å². The quantitative estimate of drug-likeness (QED) is 0.695. The van der Waals surface area contributed by atoms with Gasteiger partial charge in [-0.3, -0.25) is 4.79 Å². The van der Waals surface area contributed by atoms with Gasteiger partial charge in [-0.2, -0.15) is 4.99 Å². The lowest BCUT2D eigenvalue weighted by Gasteiger charge is -2.08. The summed E-state index contributed by atoms with van der Waals surface area (Å²) in [7, 11) is 1.66. The van der Waals surface area contributed by atoms with E-state index < -0.39 is 0 Å². The fraction of sp³-hybridized carbons (Fsp3) is 0.529. The predicted octanol–water partition coefficient (Wildman–Crippen LogP) is 3.37. The molecule has 5 nitrogen and oxygen atoms in total. The molecular formula is C17H24N2O3S. The van der Waals surface area contributed by atoms with Crippen LogP contribution in [0.25, 0.3) is 10.2 Å². The molecule has 0 unspecified atom stereocenters. The average Bonchev–Trinajstić information content (AvgIpc) is 2.90. The van der Waals surface area contributed by atoms with Crippen molar-refractivity contribution in [3.8, 4) is 5.75 Å². The number of thiazole rings is 1. The Hall–Kier alpha value is -1.66. The molecule has 0 saturated carbocycles. The first-order chi connectivity index (χ1) is 11.2. The van der Waals surface area contributed by atoms with Crippen LogP contribution in [0.3, 0.4) is 0 Å². The Bertz CT molecular complexity index is 718. The van der Waals surface area contributed by atoms with E-state index in [9.17, 15) is 4.79 Å². The van der Waals surface area contributed by atoms with Crippen molar-refractivity contribution in [2.24, 2.45) is 4.99 Å². The highest BCUT2D eigenvalue weighted by atomic mass is 32.1. The summed E-state index contributed by atoms with van der Waals surface area (Å²) in [6.07, 6.45) is 2.36. The number of carbonyl (C=O) groups is 1. The van der Waals surface area contributed by atoms with Gasteiger partial charge in [-0.05, 0) is 25.5 Å². The molecule has 6 heteroatoms. The Labute approximate surface area is 140 Å². The molecule has 126 valence electrons. The number of hydrogen-bond donors (Lipinski definition) is 0. The minimum Gasteiger partial charge on any atom is -0.495 e. The number of fused-ring (bicyclic) bond motifs is 1. The number of rotatable bonds is 8. The highest BCUT2D eigenvalue weighted by Crippen LogP contribution is 2.27. The van der Waals surface area contributed by atoms with E-state index in [0.717, 1.165) is 28.8 Å². The van der Waals surface area contributed by atoms with Gasteiger partial charge in [0.15, 0.2) is 4.80 Å². The van der Waals surface area contributed by atoms with Crippen LogP contribution < -0.4 is 9.54 Å². The van der Waals surface area contributed by atoms with Crippen molar-refractivity contribution in [2.45, 2.75) is 39.7 Å². The molecule has 1 amide bonds. The van der Waals surface area contributed by atoms with Crippen molar-refractivity contribution < 1.29 is 14.3 Å². The van der Waals surface area contributed by atoms with Crippen LogP contribution >= 0.6 is 11.3 Å². The molecule has 0 aliphatic heterocycles. The molecule has 1 aromatic carbocycles. The smallest absolute Gasteiger partial charge is 0.248 e. The summed E-state index contributed by atoms with van der Waals surface area (Å²) < 4.78 is 14.0. The molecule has 0 aliphatic rings. The molecule has 0 bridgehead atoms. The molecule has 23 heavy (non-hydrogen) atoms. The largest absolute Gasteiger partial charge is 0.495 e. The molecule has 0 spiro atoms. The van der Waals surface area contributed by atoms with Crippen molar-refractivity contribution in [3.63, 3.8) is 0 Å². The molecule has 0 saturated heterocycles. The van der Waals surface area contributed by atoms with Crippen LogP contribution in [0.4, 0.5) is 0 Å². The maximum Gasteiger partial charge on any atom is 0.248 e. The van der Waals surface area contributed by atoms with E-state index in [1.807, 2.05) is 29.7 Å². The molecule has 0 N–H and O–H groups in total. The van der Waals surface area contributed by atoms with E-state index in [-0.39, 0.29) is 5.91 Å². The summed E-state index contributed by atoms with van der Waals surface area (Å²) in [5.74, 6) is 0.722. The molecule has 0 fully saturated rings. The van der Waals surface area contributed by atoms with E-state index in [4.69, 9.17) is 9.47 Å². The van der Waals surface area contributed by atoms with Crippen molar-refractivity contribution in [2.75, 3.05) is 20.3 Å². The Morgan fingerprint density at radius 1 is 1.35 bits per heavy atom. The number of carbonyl (C=O) groups excluding carboxylic acids is 1. The van der Waals surface area contributed by atoms with Gasteiger partial charge in [0.1, 0.15) is 11.3 Å². The van der Waals surface area contributed by atoms with Gasteiger partial charge in [-0.1, -0.05) is 30.7 Å². The number of benzene rings is 1. The van der Waals surface area contributed by atoms with Gasteiger partial charge < -0.3 is 14.0 Å². The fourth-order valence-corrected chi connectivity index (χ4v) is 3.44. The second-order valence-corrected chi connectivity index (χ2v) is 6.16. The molecular weight excluding hydrogens is 312 g/mol. The normalized spacial score (nSPS) is 12.0. The van der Waals surface area contributed by atoms with Gasteiger partial charge in [-0.15, -0.1) is 0 Å². The zero-order valence-electron chi connectivity index (χ0n) is 14.0. The van der Waals surface area contributed by atoms with Gasteiger partial charge >= 0.3 is 0 Å². The van der Waals surface area contributed by atoms with Crippen LogP contribution in [0, 0.1) is 0 Å². The zero-order valence-corrected chi connectivity index (χ0v) is 14.8. The lowest BCUT2D eigenvalue weighted by molar-refractivity contribution is -0.118. The lowest BCUT2D eigenvalue weighted by Crippen LogP contribution is -2.20. The van der Waals surface area contributed by atoms with Crippen molar-refractivity contribution in [1.29, 1.82) is 0 Å². The first-order valence-electron chi connectivity index (χ1n) is 8.02. The van der Waals surface area contributed by atoms with E-state index in [0.29, 0.717) is 31.0 Å². The topological polar surface area (TPSA) is 52.8 Å². The number of methoxy groups -OCH3 is 1. The summed E-state index contributed by atoms with van der Waals surface area (Å²) in [6.45, 7) is 5.93. The van der Waals surface area contributed by atoms with Crippen LogP contribution in [0.5, 0.6) is 5.75 Å². The maximum absolute atomic E-state index is 12.0.